The Morgan fingerprint density at radius 3 is 2.67 bits per heavy atom. The molecule has 0 unspecified atom stereocenters. The van der Waals surface area contributed by atoms with Gasteiger partial charge in [0.25, 0.3) is 5.91 Å². The van der Waals surface area contributed by atoms with Gasteiger partial charge in [-0.15, -0.1) is 0 Å². The smallest absolute Gasteiger partial charge is 0.260 e. The molecule has 2 heterocycles. The van der Waals surface area contributed by atoms with Gasteiger partial charge in [-0.1, -0.05) is 0 Å². The first kappa shape index (κ1) is 24.4. The molecule has 1 atom stereocenters. The number of hydrogen-bond acceptors (Lipinski definition) is 7. The molecule has 1 aliphatic carbocycles. The Labute approximate surface area is 210 Å². The van der Waals surface area contributed by atoms with Crippen LogP contribution in [-0.4, -0.2) is 43.7 Å². The molecule has 1 aliphatic heterocycles. The molecule has 0 spiro atoms. The third-order valence-electron chi connectivity index (χ3n) is 6.69. The second kappa shape index (κ2) is 10.0. The van der Waals surface area contributed by atoms with Crippen molar-refractivity contribution < 1.29 is 18.1 Å². The van der Waals surface area contributed by atoms with Crippen molar-refractivity contribution in [1.82, 2.24) is 15.3 Å². The molecule has 1 saturated carbocycles. The normalized spacial score (nSPS) is 17.9. The van der Waals surface area contributed by atoms with Gasteiger partial charge in [-0.25, -0.2) is 18.6 Å². The van der Waals surface area contributed by atoms with Crippen molar-refractivity contribution in [3.8, 4) is 5.75 Å². The number of rotatable bonds is 7. The number of halogens is 1. The number of anilines is 2. The summed E-state index contributed by atoms with van der Waals surface area (Å²) in [6.07, 6.45) is 5.57. The highest BCUT2D eigenvalue weighted by molar-refractivity contribution is 7.93. The van der Waals surface area contributed by atoms with E-state index in [1.165, 1.54) is 18.5 Å². The lowest BCUT2D eigenvalue weighted by Crippen LogP contribution is -2.45. The summed E-state index contributed by atoms with van der Waals surface area (Å²) in [5, 5.41) is 6.95. The number of benzene rings is 2. The van der Waals surface area contributed by atoms with Crippen molar-refractivity contribution in [2.75, 3.05) is 16.8 Å². The van der Waals surface area contributed by atoms with Crippen molar-refractivity contribution in [3.05, 3.63) is 48.0 Å². The zero-order valence-corrected chi connectivity index (χ0v) is 21.2. The van der Waals surface area contributed by atoms with Gasteiger partial charge in [-0.2, -0.15) is 4.36 Å². The molecule has 2 fully saturated rings. The van der Waals surface area contributed by atoms with E-state index in [1.54, 1.807) is 13.0 Å². The number of fused-ring (bicyclic) bond motifs is 1. The molecule has 36 heavy (non-hydrogen) atoms. The van der Waals surface area contributed by atoms with Gasteiger partial charge < -0.3 is 15.4 Å². The largest absolute Gasteiger partial charge is 0.479 e. The molecule has 3 aromatic rings. The molecule has 0 radical (unpaired) electrons. The van der Waals surface area contributed by atoms with Crippen molar-refractivity contribution in [2.24, 2.45) is 4.36 Å². The number of ether oxygens (including phenoxy) is 1. The number of nitrogens with one attached hydrogen (secondary N) is 2. The quantitative estimate of drug-likeness (QED) is 0.455. The van der Waals surface area contributed by atoms with E-state index < -0.39 is 21.7 Å². The Morgan fingerprint density at radius 1 is 1.17 bits per heavy atom. The fourth-order valence-corrected chi connectivity index (χ4v) is 6.69. The van der Waals surface area contributed by atoms with Gasteiger partial charge in [-0.3, -0.25) is 4.79 Å². The maximum absolute atomic E-state index is 14.1. The van der Waals surface area contributed by atoms with E-state index in [-0.39, 0.29) is 17.7 Å². The average molecular weight is 512 g/mol. The fraction of sp³-hybridized carbons (Fsp3) is 0.423. The van der Waals surface area contributed by atoms with Crippen molar-refractivity contribution in [3.63, 3.8) is 0 Å². The highest BCUT2D eigenvalue weighted by atomic mass is 32.2. The van der Waals surface area contributed by atoms with Crippen LogP contribution in [-0.2, 0) is 14.5 Å². The van der Waals surface area contributed by atoms with Crippen LogP contribution in [0.25, 0.3) is 10.9 Å². The number of carbonyl (C=O) groups excluding carboxylic acids is 1. The minimum absolute atomic E-state index is 0.187. The molecular formula is C26H30FN5O3S. The summed E-state index contributed by atoms with van der Waals surface area (Å²) in [5.74, 6) is 1.28. The number of aromatic nitrogens is 2. The summed E-state index contributed by atoms with van der Waals surface area (Å²) in [5.41, 5.74) is 2.65. The molecule has 1 amide bonds. The summed E-state index contributed by atoms with van der Waals surface area (Å²) in [6, 6.07) is 8.01. The van der Waals surface area contributed by atoms with Crippen LogP contribution in [0.3, 0.4) is 0 Å². The maximum Gasteiger partial charge on any atom is 0.260 e. The van der Waals surface area contributed by atoms with Gasteiger partial charge in [-0.05, 0) is 75.8 Å². The standard InChI is InChI=1S/C26H30FN5O3S/c1-16-12-20(32-36(34)10-3-4-11-36)14-22-24(16)25(29-15-28-22)31-21-9-8-18(27)13-23(21)35-17(2)26(33)30-19-6-5-7-19/h8-9,12-15,17,19H,3-7,10-11H2,1-2H3,(H,30,33)(H,28,29,31)/t17-/m1/s1. The molecular weight excluding hydrogens is 481 g/mol. The summed E-state index contributed by atoms with van der Waals surface area (Å²) in [6.45, 7) is 3.57. The van der Waals surface area contributed by atoms with E-state index in [0.717, 1.165) is 43.1 Å². The van der Waals surface area contributed by atoms with Crippen LogP contribution in [0.5, 0.6) is 5.75 Å². The van der Waals surface area contributed by atoms with Gasteiger partial charge >= 0.3 is 0 Å². The fourth-order valence-electron chi connectivity index (χ4n) is 4.50. The molecule has 190 valence electrons. The van der Waals surface area contributed by atoms with Crippen LogP contribution in [0.15, 0.2) is 41.0 Å². The highest BCUT2D eigenvalue weighted by Gasteiger charge is 2.24. The van der Waals surface area contributed by atoms with Crippen molar-refractivity contribution in [1.29, 1.82) is 0 Å². The van der Waals surface area contributed by atoms with Gasteiger partial charge in [0.2, 0.25) is 0 Å². The van der Waals surface area contributed by atoms with Crippen molar-refractivity contribution >= 4 is 43.7 Å². The topological polar surface area (TPSA) is 106 Å². The lowest BCUT2D eigenvalue weighted by atomic mass is 9.93. The molecule has 2 aromatic carbocycles. The third-order valence-corrected chi connectivity index (χ3v) is 9.09. The Bertz CT molecular complexity index is 1420. The molecule has 1 aromatic heterocycles. The Kier molecular flexibility index (Phi) is 6.79. The number of nitrogens with zero attached hydrogens (tertiary/aromatic N) is 3. The van der Waals surface area contributed by atoms with Crippen LogP contribution in [0.4, 0.5) is 21.6 Å². The van der Waals surface area contributed by atoms with Crippen LogP contribution in [0.1, 0.15) is 44.6 Å². The summed E-state index contributed by atoms with van der Waals surface area (Å²) in [4.78, 5) is 21.3. The first-order valence-corrected chi connectivity index (χ1v) is 14.2. The van der Waals surface area contributed by atoms with Crippen LogP contribution in [0.2, 0.25) is 0 Å². The lowest BCUT2D eigenvalue weighted by molar-refractivity contribution is -0.128. The average Bonchev–Trinajstić information content (AvgIpc) is 3.23. The zero-order valence-electron chi connectivity index (χ0n) is 20.4. The monoisotopic (exact) mass is 511 g/mol. The Balaban J connectivity index is 1.43. The second-order valence-electron chi connectivity index (χ2n) is 9.52. The number of aryl methyl sites for hydroxylation is 1. The number of hydrogen-bond donors (Lipinski definition) is 2. The van der Waals surface area contributed by atoms with E-state index in [4.69, 9.17) is 4.74 Å². The number of amides is 1. The Hall–Kier alpha value is -3.27. The zero-order chi connectivity index (χ0) is 25.3. The van der Waals surface area contributed by atoms with Gasteiger partial charge in [0, 0.05) is 29.0 Å². The Morgan fingerprint density at radius 2 is 1.94 bits per heavy atom. The predicted molar refractivity (Wildman–Crippen MR) is 139 cm³/mol. The van der Waals surface area contributed by atoms with Crippen LogP contribution < -0.4 is 15.4 Å². The number of carbonyl (C=O) groups is 1. The SMILES string of the molecule is Cc1cc(N=S2(=O)CCCC2)cc2ncnc(Nc3ccc(F)cc3O[C@H](C)C(=O)NC3CCC3)c12. The van der Waals surface area contributed by atoms with E-state index in [1.807, 2.05) is 19.1 Å². The molecule has 8 nitrogen and oxygen atoms in total. The minimum atomic E-state index is -2.20. The molecule has 2 N–H and O–H groups in total. The lowest BCUT2D eigenvalue weighted by Gasteiger charge is -2.28. The molecule has 1 saturated heterocycles. The van der Waals surface area contributed by atoms with Gasteiger partial charge in [0.15, 0.2) is 6.10 Å². The molecule has 0 bridgehead atoms. The van der Waals surface area contributed by atoms with Crippen LogP contribution in [0, 0.1) is 12.7 Å². The summed E-state index contributed by atoms with van der Waals surface area (Å²) in [7, 11) is -2.20. The minimum Gasteiger partial charge on any atom is -0.479 e. The van der Waals surface area contributed by atoms with Gasteiger partial charge in [0.1, 0.15) is 23.7 Å². The van der Waals surface area contributed by atoms with Gasteiger partial charge in [0.05, 0.1) is 26.6 Å². The van der Waals surface area contributed by atoms with E-state index >= 15 is 0 Å². The third kappa shape index (κ3) is 5.28. The van der Waals surface area contributed by atoms with E-state index in [9.17, 15) is 13.4 Å². The first-order valence-electron chi connectivity index (χ1n) is 12.3. The molecule has 2 aliphatic rings. The maximum atomic E-state index is 14.1. The van der Waals surface area contributed by atoms with E-state index in [2.05, 4.69) is 25.0 Å². The summed E-state index contributed by atoms with van der Waals surface area (Å²) < 4.78 is 37.4. The highest BCUT2D eigenvalue weighted by Crippen LogP contribution is 2.34. The molecule has 10 heteroatoms. The predicted octanol–water partition coefficient (Wildman–Crippen LogP) is 5.15. The van der Waals surface area contributed by atoms with Crippen molar-refractivity contribution in [2.45, 2.75) is 58.1 Å². The van der Waals surface area contributed by atoms with E-state index in [0.29, 0.717) is 34.2 Å². The first-order chi connectivity index (χ1) is 17.3. The summed E-state index contributed by atoms with van der Waals surface area (Å²) >= 11 is 0. The second-order valence-corrected chi connectivity index (χ2v) is 12.1. The molecule has 5 rings (SSSR count). The van der Waals surface area contributed by atoms with Crippen LogP contribution >= 0.6 is 0 Å².